The molecule has 0 aliphatic carbocycles. The second kappa shape index (κ2) is 4.10. The Bertz CT molecular complexity index is 688. The van der Waals surface area contributed by atoms with E-state index in [-0.39, 0.29) is 17.8 Å². The Kier molecular flexibility index (Phi) is 2.38. The Morgan fingerprint density at radius 3 is 3.05 bits per heavy atom. The number of ether oxygens (including phenoxy) is 2. The topological polar surface area (TPSA) is 48.7 Å². The molecule has 4 rings (SSSR count). The lowest BCUT2D eigenvalue weighted by molar-refractivity contribution is -0.148. The fourth-order valence-electron chi connectivity index (χ4n) is 2.99. The summed E-state index contributed by atoms with van der Waals surface area (Å²) in [5.74, 6) is 0.917. The Hall–Kier alpha value is -1.81. The van der Waals surface area contributed by atoms with Crippen molar-refractivity contribution < 1.29 is 13.9 Å². The molecule has 4 heteroatoms. The summed E-state index contributed by atoms with van der Waals surface area (Å²) < 4.78 is 17.0. The molecule has 2 atom stereocenters. The van der Waals surface area contributed by atoms with Crippen LogP contribution in [0.25, 0.3) is 11.0 Å². The van der Waals surface area contributed by atoms with Crippen LogP contribution in [0.1, 0.15) is 18.4 Å². The maximum Gasteiger partial charge on any atom is 0.343 e. The van der Waals surface area contributed by atoms with Gasteiger partial charge in [0.2, 0.25) is 6.29 Å². The lowest BCUT2D eigenvalue weighted by atomic mass is 9.90. The molecule has 0 amide bonds. The van der Waals surface area contributed by atoms with Crippen LogP contribution in [0, 0.1) is 5.92 Å². The van der Waals surface area contributed by atoms with Crippen LogP contribution >= 0.6 is 0 Å². The van der Waals surface area contributed by atoms with Gasteiger partial charge < -0.3 is 13.9 Å². The van der Waals surface area contributed by atoms with Crippen LogP contribution in [0.15, 0.2) is 33.5 Å². The molecular formula is C15H14O4. The van der Waals surface area contributed by atoms with Gasteiger partial charge in [-0.25, -0.2) is 4.79 Å². The largest absolute Gasteiger partial charge is 0.463 e. The maximum absolute atomic E-state index is 12.1. The molecule has 1 saturated heterocycles. The molecule has 4 nitrogen and oxygen atoms in total. The lowest BCUT2D eigenvalue weighted by Crippen LogP contribution is -2.40. The zero-order chi connectivity index (χ0) is 12.8. The van der Waals surface area contributed by atoms with E-state index in [9.17, 15) is 4.79 Å². The molecule has 2 aliphatic heterocycles. The summed E-state index contributed by atoms with van der Waals surface area (Å²) in [5, 5.41) is 0.852. The predicted molar refractivity (Wildman–Crippen MR) is 69.3 cm³/mol. The van der Waals surface area contributed by atoms with E-state index >= 15 is 0 Å². The number of fused-ring (bicyclic) bond motifs is 4. The van der Waals surface area contributed by atoms with E-state index in [1.165, 1.54) is 0 Å². The van der Waals surface area contributed by atoms with Gasteiger partial charge in [0.25, 0.3) is 0 Å². The molecule has 19 heavy (non-hydrogen) atoms. The van der Waals surface area contributed by atoms with Crippen molar-refractivity contribution in [1.29, 1.82) is 0 Å². The van der Waals surface area contributed by atoms with E-state index in [1.807, 2.05) is 18.2 Å². The average molecular weight is 258 g/mol. The van der Waals surface area contributed by atoms with E-state index in [0.717, 1.165) is 24.8 Å². The molecule has 0 N–H and O–H groups in total. The maximum atomic E-state index is 12.1. The summed E-state index contributed by atoms with van der Waals surface area (Å²) >= 11 is 0. The first kappa shape index (κ1) is 11.1. The molecule has 0 spiro atoms. The van der Waals surface area contributed by atoms with Crippen molar-refractivity contribution in [3.05, 3.63) is 40.2 Å². The van der Waals surface area contributed by atoms with Crippen LogP contribution in [0.2, 0.25) is 0 Å². The predicted octanol–water partition coefficient (Wildman–Crippen LogP) is 2.48. The van der Waals surface area contributed by atoms with E-state index in [1.54, 1.807) is 6.07 Å². The highest BCUT2D eigenvalue weighted by Gasteiger charge is 2.35. The van der Waals surface area contributed by atoms with Crippen molar-refractivity contribution >= 4 is 11.0 Å². The minimum atomic E-state index is -0.280. The van der Waals surface area contributed by atoms with Gasteiger partial charge in [0.1, 0.15) is 11.3 Å². The first-order valence-corrected chi connectivity index (χ1v) is 6.66. The molecule has 98 valence electrons. The average Bonchev–Trinajstić information content (AvgIpc) is 2.46. The van der Waals surface area contributed by atoms with Gasteiger partial charge in [0.05, 0.1) is 17.6 Å². The quantitative estimate of drug-likeness (QED) is 0.681. The number of para-hydroxylation sites is 1. The van der Waals surface area contributed by atoms with Gasteiger partial charge in [-0.05, 0) is 31.4 Å². The third-order valence-electron chi connectivity index (χ3n) is 3.94. The highest BCUT2D eigenvalue weighted by molar-refractivity contribution is 5.84. The molecule has 0 bridgehead atoms. The highest BCUT2D eigenvalue weighted by Crippen LogP contribution is 2.38. The van der Waals surface area contributed by atoms with Crippen molar-refractivity contribution in [2.45, 2.75) is 25.6 Å². The van der Waals surface area contributed by atoms with Gasteiger partial charge in [0.15, 0.2) is 0 Å². The summed E-state index contributed by atoms with van der Waals surface area (Å²) in [6, 6.07) is 7.47. The Morgan fingerprint density at radius 1 is 1.21 bits per heavy atom. The van der Waals surface area contributed by atoms with E-state index < -0.39 is 0 Å². The van der Waals surface area contributed by atoms with Gasteiger partial charge in [-0.1, -0.05) is 12.1 Å². The summed E-state index contributed by atoms with van der Waals surface area (Å²) in [6.45, 7) is 0.732. The number of benzene rings is 1. The Morgan fingerprint density at radius 2 is 2.11 bits per heavy atom. The molecular weight excluding hydrogens is 244 g/mol. The van der Waals surface area contributed by atoms with Crippen LogP contribution in [-0.4, -0.2) is 12.9 Å². The second-order valence-electron chi connectivity index (χ2n) is 5.16. The molecule has 2 aliphatic rings. The molecule has 2 aromatic rings. The van der Waals surface area contributed by atoms with Gasteiger partial charge in [-0.2, -0.15) is 0 Å². The van der Waals surface area contributed by atoms with Crippen molar-refractivity contribution in [2.24, 2.45) is 5.92 Å². The third-order valence-corrected chi connectivity index (χ3v) is 3.94. The van der Waals surface area contributed by atoms with Gasteiger partial charge in [-0.3, -0.25) is 0 Å². The summed E-state index contributed by atoms with van der Waals surface area (Å²) in [6.07, 6.45) is 2.54. The zero-order valence-electron chi connectivity index (χ0n) is 10.4. The van der Waals surface area contributed by atoms with Crippen LogP contribution in [0.4, 0.5) is 0 Å². The van der Waals surface area contributed by atoms with Crippen LogP contribution < -0.4 is 10.4 Å². The minimum Gasteiger partial charge on any atom is -0.463 e. The normalized spacial score (nSPS) is 25.5. The van der Waals surface area contributed by atoms with Crippen molar-refractivity contribution in [3.8, 4) is 5.75 Å². The molecule has 0 unspecified atom stereocenters. The zero-order valence-corrected chi connectivity index (χ0v) is 10.4. The summed E-state index contributed by atoms with van der Waals surface area (Å²) in [4.78, 5) is 12.1. The Balaban J connectivity index is 1.92. The smallest absolute Gasteiger partial charge is 0.343 e. The lowest BCUT2D eigenvalue weighted by Gasteiger charge is -2.36. The van der Waals surface area contributed by atoms with Crippen LogP contribution in [-0.2, 0) is 11.2 Å². The second-order valence-corrected chi connectivity index (χ2v) is 5.16. The molecule has 0 saturated carbocycles. The fourth-order valence-corrected chi connectivity index (χ4v) is 2.99. The minimum absolute atomic E-state index is 0.216. The first-order chi connectivity index (χ1) is 9.33. The van der Waals surface area contributed by atoms with E-state index in [0.29, 0.717) is 23.3 Å². The molecule has 1 fully saturated rings. The monoisotopic (exact) mass is 258 g/mol. The first-order valence-electron chi connectivity index (χ1n) is 6.66. The molecule has 1 aromatic carbocycles. The molecule has 0 radical (unpaired) electrons. The van der Waals surface area contributed by atoms with E-state index in [2.05, 4.69) is 0 Å². The van der Waals surface area contributed by atoms with Crippen molar-refractivity contribution in [1.82, 2.24) is 0 Å². The van der Waals surface area contributed by atoms with Gasteiger partial charge in [-0.15, -0.1) is 0 Å². The van der Waals surface area contributed by atoms with Crippen LogP contribution in [0.5, 0.6) is 5.75 Å². The Labute approximate surface area is 109 Å². The standard InChI is InChI=1S/C15H14O4/c16-14-11-8-9-4-3-7-17-15(9)19-13(11)10-5-1-2-6-12(10)18-14/h1-2,5-6,9,15H,3-4,7-8H2/t9-,15+/m0/s1. The number of hydrogen-bond donors (Lipinski definition) is 0. The van der Waals surface area contributed by atoms with E-state index in [4.69, 9.17) is 13.9 Å². The van der Waals surface area contributed by atoms with Crippen LogP contribution in [0.3, 0.4) is 0 Å². The molecule has 3 heterocycles. The highest BCUT2D eigenvalue weighted by atomic mass is 16.7. The van der Waals surface area contributed by atoms with Gasteiger partial charge in [0, 0.05) is 5.92 Å². The van der Waals surface area contributed by atoms with Gasteiger partial charge >= 0.3 is 5.63 Å². The van der Waals surface area contributed by atoms with Crippen molar-refractivity contribution in [2.75, 3.05) is 6.61 Å². The number of hydrogen-bond acceptors (Lipinski definition) is 4. The van der Waals surface area contributed by atoms with Crippen molar-refractivity contribution in [3.63, 3.8) is 0 Å². The summed E-state index contributed by atoms with van der Waals surface area (Å²) in [7, 11) is 0. The SMILES string of the molecule is O=c1oc2ccccc2c2c1C[C@@H]1CCCO[C@@H]1O2. The number of rotatable bonds is 0. The fraction of sp³-hybridized carbons (Fsp3) is 0.400. The third kappa shape index (κ3) is 1.67. The summed E-state index contributed by atoms with van der Waals surface area (Å²) in [5.41, 5.74) is 0.948. The molecule has 1 aromatic heterocycles.